The minimum absolute atomic E-state index is 0.0350. The first-order chi connectivity index (χ1) is 7.68. The number of nitrogens with zero attached hydrogens (tertiary/aromatic N) is 1. The zero-order chi connectivity index (χ0) is 11.5. The Bertz CT molecular complexity index is 290. The highest BCUT2D eigenvalue weighted by Crippen LogP contribution is 2.36. The van der Waals surface area contributed by atoms with E-state index in [1.165, 1.54) is 19.3 Å². The van der Waals surface area contributed by atoms with Crippen LogP contribution >= 0.6 is 0 Å². The monoisotopic (exact) mass is 225 g/mol. The van der Waals surface area contributed by atoms with Crippen LogP contribution in [0.2, 0.25) is 0 Å². The molecule has 0 spiro atoms. The molecule has 4 heteroatoms. The number of likely N-dealkylation sites (tertiary alicyclic amines) is 1. The van der Waals surface area contributed by atoms with Crippen LogP contribution < -0.4 is 0 Å². The summed E-state index contributed by atoms with van der Waals surface area (Å²) in [4.78, 5) is 24.2. The molecule has 1 aliphatic heterocycles. The summed E-state index contributed by atoms with van der Waals surface area (Å²) in [5, 5.41) is 8.57. The Morgan fingerprint density at radius 2 is 1.88 bits per heavy atom. The van der Waals surface area contributed by atoms with Gasteiger partial charge >= 0.3 is 5.97 Å². The van der Waals surface area contributed by atoms with Gasteiger partial charge in [0.25, 0.3) is 0 Å². The van der Waals surface area contributed by atoms with Gasteiger partial charge in [0.2, 0.25) is 5.91 Å². The lowest BCUT2D eigenvalue weighted by atomic mass is 9.85. The number of carbonyl (C=O) groups is 2. The summed E-state index contributed by atoms with van der Waals surface area (Å²) < 4.78 is 0. The highest BCUT2D eigenvalue weighted by Gasteiger charge is 2.37. The van der Waals surface area contributed by atoms with Crippen LogP contribution in [-0.4, -0.2) is 34.5 Å². The number of carboxylic acids is 1. The molecule has 90 valence electrons. The van der Waals surface area contributed by atoms with Gasteiger partial charge in [0.05, 0.1) is 6.42 Å². The van der Waals surface area contributed by atoms with Crippen molar-refractivity contribution in [3.05, 3.63) is 0 Å². The smallest absolute Gasteiger partial charge is 0.303 e. The predicted molar refractivity (Wildman–Crippen MR) is 58.9 cm³/mol. The van der Waals surface area contributed by atoms with Gasteiger partial charge in [-0.05, 0) is 25.2 Å². The molecule has 2 unspecified atom stereocenters. The van der Waals surface area contributed by atoms with Gasteiger partial charge in [0, 0.05) is 19.0 Å². The standard InChI is InChI=1S/C12H19NO3/c14-11(5-6-12(15)16)13-8-7-9-3-1-2-4-10(9)13/h9-10H,1-8H2,(H,15,16). The zero-order valence-electron chi connectivity index (χ0n) is 9.52. The van der Waals surface area contributed by atoms with Crippen molar-refractivity contribution in [1.29, 1.82) is 0 Å². The van der Waals surface area contributed by atoms with E-state index in [0.29, 0.717) is 12.0 Å². The Balaban J connectivity index is 1.89. The van der Waals surface area contributed by atoms with Crippen molar-refractivity contribution in [3.63, 3.8) is 0 Å². The van der Waals surface area contributed by atoms with Gasteiger partial charge < -0.3 is 10.0 Å². The average Bonchev–Trinajstić information content (AvgIpc) is 2.69. The molecule has 1 N–H and O–H groups in total. The SMILES string of the molecule is O=C(O)CCC(=O)N1CCC2CCCCC21. The Morgan fingerprint density at radius 3 is 2.62 bits per heavy atom. The fourth-order valence-electron chi connectivity index (χ4n) is 3.07. The van der Waals surface area contributed by atoms with E-state index in [1.54, 1.807) is 0 Å². The van der Waals surface area contributed by atoms with Crippen LogP contribution in [0.1, 0.15) is 44.9 Å². The Labute approximate surface area is 95.6 Å². The molecule has 2 atom stereocenters. The molecular weight excluding hydrogens is 206 g/mol. The number of aliphatic carboxylic acids is 1. The Morgan fingerprint density at radius 1 is 1.12 bits per heavy atom. The third kappa shape index (κ3) is 2.36. The van der Waals surface area contributed by atoms with Crippen LogP contribution in [-0.2, 0) is 9.59 Å². The van der Waals surface area contributed by atoms with E-state index in [0.717, 1.165) is 19.4 Å². The molecule has 1 amide bonds. The topological polar surface area (TPSA) is 57.6 Å². The number of carbonyl (C=O) groups excluding carboxylic acids is 1. The van der Waals surface area contributed by atoms with Gasteiger partial charge in [-0.15, -0.1) is 0 Å². The van der Waals surface area contributed by atoms with Crippen LogP contribution in [0, 0.1) is 5.92 Å². The fraction of sp³-hybridized carbons (Fsp3) is 0.833. The minimum Gasteiger partial charge on any atom is -0.481 e. The van der Waals surface area contributed by atoms with E-state index in [2.05, 4.69) is 0 Å². The number of hydrogen-bond donors (Lipinski definition) is 1. The second-order valence-corrected chi connectivity index (χ2v) is 4.88. The van der Waals surface area contributed by atoms with E-state index in [9.17, 15) is 9.59 Å². The first kappa shape index (κ1) is 11.4. The second kappa shape index (κ2) is 4.85. The largest absolute Gasteiger partial charge is 0.481 e. The van der Waals surface area contributed by atoms with E-state index < -0.39 is 5.97 Å². The number of hydrogen-bond acceptors (Lipinski definition) is 2. The summed E-state index contributed by atoms with van der Waals surface area (Å²) in [6.07, 6.45) is 6.10. The van der Waals surface area contributed by atoms with E-state index >= 15 is 0 Å². The lowest BCUT2D eigenvalue weighted by molar-refractivity contribution is -0.141. The summed E-state index contributed by atoms with van der Waals surface area (Å²) in [5.41, 5.74) is 0. The summed E-state index contributed by atoms with van der Waals surface area (Å²) in [6.45, 7) is 0.841. The number of rotatable bonds is 3. The van der Waals surface area contributed by atoms with Crippen molar-refractivity contribution >= 4 is 11.9 Å². The number of fused-ring (bicyclic) bond motifs is 1. The molecule has 1 saturated heterocycles. The van der Waals surface area contributed by atoms with Crippen molar-refractivity contribution in [3.8, 4) is 0 Å². The second-order valence-electron chi connectivity index (χ2n) is 4.88. The number of amides is 1. The zero-order valence-corrected chi connectivity index (χ0v) is 9.52. The fourth-order valence-corrected chi connectivity index (χ4v) is 3.07. The molecule has 0 bridgehead atoms. The van der Waals surface area contributed by atoms with Gasteiger partial charge in [-0.3, -0.25) is 9.59 Å². The predicted octanol–water partition coefficient (Wildman–Crippen LogP) is 1.64. The van der Waals surface area contributed by atoms with Gasteiger partial charge in [0.15, 0.2) is 0 Å². The van der Waals surface area contributed by atoms with Crippen LogP contribution in [0.4, 0.5) is 0 Å². The molecule has 0 aromatic carbocycles. The van der Waals surface area contributed by atoms with Crippen LogP contribution in [0.3, 0.4) is 0 Å². The molecule has 1 heterocycles. The van der Waals surface area contributed by atoms with Crippen molar-refractivity contribution in [2.24, 2.45) is 5.92 Å². The molecule has 2 rings (SSSR count). The quantitative estimate of drug-likeness (QED) is 0.794. The molecule has 16 heavy (non-hydrogen) atoms. The lowest BCUT2D eigenvalue weighted by Gasteiger charge is -2.31. The molecule has 2 aliphatic rings. The van der Waals surface area contributed by atoms with Crippen molar-refractivity contribution in [1.82, 2.24) is 4.90 Å². The molecule has 0 radical (unpaired) electrons. The van der Waals surface area contributed by atoms with Crippen LogP contribution in [0.5, 0.6) is 0 Å². The van der Waals surface area contributed by atoms with Gasteiger partial charge in [-0.25, -0.2) is 0 Å². The van der Waals surface area contributed by atoms with Crippen molar-refractivity contribution in [2.75, 3.05) is 6.54 Å². The van der Waals surface area contributed by atoms with Crippen LogP contribution in [0.25, 0.3) is 0 Å². The third-order valence-corrected chi connectivity index (χ3v) is 3.88. The van der Waals surface area contributed by atoms with Gasteiger partial charge in [-0.2, -0.15) is 0 Å². The first-order valence-corrected chi connectivity index (χ1v) is 6.20. The minimum atomic E-state index is -0.882. The Hall–Kier alpha value is -1.06. The summed E-state index contributed by atoms with van der Waals surface area (Å²) in [7, 11) is 0. The maximum absolute atomic E-state index is 11.9. The summed E-state index contributed by atoms with van der Waals surface area (Å²) in [5.74, 6) is -0.160. The van der Waals surface area contributed by atoms with Crippen molar-refractivity contribution < 1.29 is 14.7 Å². The highest BCUT2D eigenvalue weighted by atomic mass is 16.4. The molecular formula is C12H19NO3. The third-order valence-electron chi connectivity index (χ3n) is 3.88. The van der Waals surface area contributed by atoms with Crippen LogP contribution in [0.15, 0.2) is 0 Å². The molecule has 1 saturated carbocycles. The highest BCUT2D eigenvalue weighted by molar-refractivity contribution is 5.81. The number of carboxylic acid groups (broad SMARTS) is 1. The molecule has 2 fully saturated rings. The maximum atomic E-state index is 11.9. The normalized spacial score (nSPS) is 28.9. The summed E-state index contributed by atoms with van der Waals surface area (Å²) >= 11 is 0. The molecule has 4 nitrogen and oxygen atoms in total. The maximum Gasteiger partial charge on any atom is 0.303 e. The van der Waals surface area contributed by atoms with E-state index in [-0.39, 0.29) is 18.7 Å². The molecule has 1 aliphatic carbocycles. The Kier molecular flexibility index (Phi) is 3.46. The summed E-state index contributed by atoms with van der Waals surface area (Å²) in [6, 6.07) is 0.412. The lowest BCUT2D eigenvalue weighted by Crippen LogP contribution is -2.39. The molecule has 0 aromatic rings. The van der Waals surface area contributed by atoms with Gasteiger partial charge in [0.1, 0.15) is 0 Å². The molecule has 0 aromatic heterocycles. The van der Waals surface area contributed by atoms with E-state index in [1.807, 2.05) is 4.90 Å². The van der Waals surface area contributed by atoms with Gasteiger partial charge in [-0.1, -0.05) is 12.8 Å². The van der Waals surface area contributed by atoms with Crippen molar-refractivity contribution in [2.45, 2.75) is 51.0 Å². The first-order valence-electron chi connectivity index (χ1n) is 6.20. The average molecular weight is 225 g/mol. The van der Waals surface area contributed by atoms with E-state index in [4.69, 9.17) is 5.11 Å².